The van der Waals surface area contributed by atoms with Crippen molar-refractivity contribution in [2.75, 3.05) is 31.1 Å². The molecule has 6 heteroatoms. The van der Waals surface area contributed by atoms with Crippen LogP contribution in [0.2, 0.25) is 0 Å². The lowest BCUT2D eigenvalue weighted by Gasteiger charge is -2.37. The van der Waals surface area contributed by atoms with Crippen LogP contribution in [0.3, 0.4) is 0 Å². The Hall–Kier alpha value is -1.72. The number of anilines is 1. The number of aryl methyl sites for hydroxylation is 1. The Morgan fingerprint density at radius 2 is 1.77 bits per heavy atom. The van der Waals surface area contributed by atoms with Crippen LogP contribution in [0.5, 0.6) is 0 Å². The molecule has 2 fully saturated rings. The predicted molar refractivity (Wildman–Crippen MR) is 77.7 cm³/mol. The molecule has 0 unspecified atom stereocenters. The third kappa shape index (κ3) is 3.05. The fraction of sp³-hybridized carbons (Fsp3) is 0.562. The number of amides is 1. The van der Waals surface area contributed by atoms with Gasteiger partial charge in [0, 0.05) is 37.8 Å². The van der Waals surface area contributed by atoms with Gasteiger partial charge in [0.25, 0.3) is 0 Å². The number of halogens is 3. The maximum absolute atomic E-state index is 13.2. The van der Waals surface area contributed by atoms with Crippen molar-refractivity contribution < 1.29 is 18.0 Å². The summed E-state index contributed by atoms with van der Waals surface area (Å²) < 4.78 is 39.6. The first-order valence-electron chi connectivity index (χ1n) is 7.58. The van der Waals surface area contributed by atoms with Crippen LogP contribution in [-0.2, 0) is 11.0 Å². The van der Waals surface area contributed by atoms with Crippen LogP contribution in [0.1, 0.15) is 24.0 Å². The number of rotatable bonds is 2. The molecule has 0 N–H and O–H groups in total. The molecule has 120 valence electrons. The summed E-state index contributed by atoms with van der Waals surface area (Å²) in [4.78, 5) is 15.5. The minimum atomic E-state index is -4.36. The van der Waals surface area contributed by atoms with E-state index in [-0.39, 0.29) is 17.5 Å². The number of benzene rings is 1. The SMILES string of the molecule is Cc1ccc(N2CCN(C(=O)C3CC3)CC2)c(C(F)(F)F)c1. The maximum atomic E-state index is 13.2. The third-order valence-corrected chi connectivity index (χ3v) is 4.32. The number of alkyl halides is 3. The second-order valence-corrected chi connectivity index (χ2v) is 6.10. The van der Waals surface area contributed by atoms with Crippen molar-refractivity contribution in [1.29, 1.82) is 0 Å². The topological polar surface area (TPSA) is 23.6 Å². The molecule has 1 aliphatic heterocycles. The van der Waals surface area contributed by atoms with E-state index in [1.807, 2.05) is 0 Å². The molecule has 1 aliphatic carbocycles. The summed E-state index contributed by atoms with van der Waals surface area (Å²) in [6.45, 7) is 3.56. The molecule has 1 aromatic rings. The van der Waals surface area contributed by atoms with Gasteiger partial charge in [0.1, 0.15) is 0 Å². The van der Waals surface area contributed by atoms with E-state index in [4.69, 9.17) is 0 Å². The van der Waals surface area contributed by atoms with Crippen LogP contribution >= 0.6 is 0 Å². The lowest BCUT2D eigenvalue weighted by Crippen LogP contribution is -2.49. The maximum Gasteiger partial charge on any atom is 0.418 e. The van der Waals surface area contributed by atoms with Gasteiger partial charge in [0.2, 0.25) is 5.91 Å². The first kappa shape index (κ1) is 15.2. The summed E-state index contributed by atoms with van der Waals surface area (Å²) in [5, 5.41) is 0. The molecular weight excluding hydrogens is 293 g/mol. The largest absolute Gasteiger partial charge is 0.418 e. The van der Waals surface area contributed by atoms with Crippen molar-refractivity contribution >= 4 is 11.6 Å². The molecule has 1 saturated carbocycles. The van der Waals surface area contributed by atoms with Crippen molar-refractivity contribution in [3.8, 4) is 0 Å². The summed E-state index contributed by atoms with van der Waals surface area (Å²) in [5.41, 5.74) is 0.227. The normalized spacial score (nSPS) is 19.5. The molecule has 1 amide bonds. The fourth-order valence-corrected chi connectivity index (χ4v) is 2.91. The van der Waals surface area contributed by atoms with E-state index in [1.165, 1.54) is 12.1 Å². The molecule has 1 heterocycles. The molecule has 0 spiro atoms. The smallest absolute Gasteiger partial charge is 0.367 e. The molecule has 0 atom stereocenters. The zero-order valence-electron chi connectivity index (χ0n) is 12.5. The first-order valence-corrected chi connectivity index (χ1v) is 7.58. The minimum absolute atomic E-state index is 0.164. The van der Waals surface area contributed by atoms with Gasteiger partial charge in [-0.3, -0.25) is 4.79 Å². The number of hydrogen-bond acceptors (Lipinski definition) is 2. The number of piperazine rings is 1. The highest BCUT2D eigenvalue weighted by atomic mass is 19.4. The fourth-order valence-electron chi connectivity index (χ4n) is 2.91. The van der Waals surface area contributed by atoms with Crippen molar-refractivity contribution in [3.05, 3.63) is 29.3 Å². The average Bonchev–Trinajstić information content (AvgIpc) is 3.30. The zero-order chi connectivity index (χ0) is 15.9. The van der Waals surface area contributed by atoms with E-state index >= 15 is 0 Å². The Morgan fingerprint density at radius 3 is 2.32 bits per heavy atom. The van der Waals surface area contributed by atoms with Crippen molar-refractivity contribution in [1.82, 2.24) is 4.90 Å². The van der Waals surface area contributed by atoms with Crippen LogP contribution in [0.25, 0.3) is 0 Å². The van der Waals surface area contributed by atoms with Gasteiger partial charge >= 0.3 is 6.18 Å². The second-order valence-electron chi connectivity index (χ2n) is 6.10. The van der Waals surface area contributed by atoms with Gasteiger partial charge in [-0.1, -0.05) is 11.6 Å². The van der Waals surface area contributed by atoms with Crippen LogP contribution < -0.4 is 4.90 Å². The molecule has 3 rings (SSSR count). The third-order valence-electron chi connectivity index (χ3n) is 4.32. The van der Waals surface area contributed by atoms with E-state index < -0.39 is 11.7 Å². The summed E-state index contributed by atoms with van der Waals surface area (Å²) in [7, 11) is 0. The lowest BCUT2D eigenvalue weighted by molar-refractivity contribution is -0.137. The van der Waals surface area contributed by atoms with Crippen LogP contribution in [0.4, 0.5) is 18.9 Å². The Kier molecular flexibility index (Phi) is 3.78. The van der Waals surface area contributed by atoms with Crippen LogP contribution in [0, 0.1) is 12.8 Å². The summed E-state index contributed by atoms with van der Waals surface area (Å²) in [6.07, 6.45) is -2.45. The quantitative estimate of drug-likeness (QED) is 0.838. The highest BCUT2D eigenvalue weighted by Gasteiger charge is 2.37. The summed E-state index contributed by atoms with van der Waals surface area (Å²) in [5.74, 6) is 0.330. The van der Waals surface area contributed by atoms with Crippen molar-refractivity contribution in [2.24, 2.45) is 5.92 Å². The minimum Gasteiger partial charge on any atom is -0.367 e. The van der Waals surface area contributed by atoms with Crippen molar-refractivity contribution in [2.45, 2.75) is 25.9 Å². The number of hydrogen-bond donors (Lipinski definition) is 0. The molecule has 2 aliphatic rings. The second kappa shape index (κ2) is 5.48. The number of carbonyl (C=O) groups is 1. The number of carbonyl (C=O) groups excluding carboxylic acids is 1. The van der Waals surface area contributed by atoms with E-state index in [0.29, 0.717) is 31.7 Å². The molecule has 1 saturated heterocycles. The Balaban J connectivity index is 1.74. The van der Waals surface area contributed by atoms with Gasteiger partial charge in [-0.15, -0.1) is 0 Å². The molecule has 0 bridgehead atoms. The van der Waals surface area contributed by atoms with Gasteiger partial charge in [-0.05, 0) is 31.9 Å². The van der Waals surface area contributed by atoms with E-state index in [1.54, 1.807) is 22.8 Å². The monoisotopic (exact) mass is 312 g/mol. The van der Waals surface area contributed by atoms with Crippen molar-refractivity contribution in [3.63, 3.8) is 0 Å². The van der Waals surface area contributed by atoms with Gasteiger partial charge in [0.05, 0.1) is 5.56 Å². The average molecular weight is 312 g/mol. The Morgan fingerprint density at radius 1 is 1.14 bits per heavy atom. The number of nitrogens with zero attached hydrogens (tertiary/aromatic N) is 2. The molecule has 0 aromatic heterocycles. The first-order chi connectivity index (χ1) is 10.4. The molecule has 0 radical (unpaired) electrons. The van der Waals surface area contributed by atoms with Gasteiger partial charge < -0.3 is 9.80 Å². The van der Waals surface area contributed by atoms with Gasteiger partial charge in [0.15, 0.2) is 0 Å². The predicted octanol–water partition coefficient (Wildman–Crippen LogP) is 3.07. The van der Waals surface area contributed by atoms with Crippen LogP contribution in [0.15, 0.2) is 18.2 Å². The highest BCUT2D eigenvalue weighted by molar-refractivity contribution is 5.81. The Bertz CT molecular complexity index is 573. The molecule has 1 aromatic carbocycles. The Labute approximate surface area is 127 Å². The molecule has 3 nitrogen and oxygen atoms in total. The van der Waals surface area contributed by atoms with Gasteiger partial charge in [-0.25, -0.2) is 0 Å². The summed E-state index contributed by atoms with van der Waals surface area (Å²) >= 11 is 0. The summed E-state index contributed by atoms with van der Waals surface area (Å²) in [6, 6.07) is 4.43. The highest BCUT2D eigenvalue weighted by Crippen LogP contribution is 2.38. The molecule has 22 heavy (non-hydrogen) atoms. The van der Waals surface area contributed by atoms with E-state index in [9.17, 15) is 18.0 Å². The molecular formula is C16H19F3N2O. The lowest BCUT2D eigenvalue weighted by atomic mass is 10.1. The standard InChI is InChI=1S/C16H19F3N2O/c1-11-2-5-14(13(10-11)16(17,18)19)20-6-8-21(9-7-20)15(22)12-3-4-12/h2,5,10,12H,3-4,6-9H2,1H3. The van der Waals surface area contributed by atoms with Crippen LogP contribution in [-0.4, -0.2) is 37.0 Å². The van der Waals surface area contributed by atoms with E-state index in [2.05, 4.69) is 0 Å². The van der Waals surface area contributed by atoms with Gasteiger partial charge in [-0.2, -0.15) is 13.2 Å². The van der Waals surface area contributed by atoms with E-state index in [0.717, 1.165) is 12.8 Å². The zero-order valence-corrected chi connectivity index (χ0v) is 12.5.